The topological polar surface area (TPSA) is 59.4 Å². The molecule has 1 N–H and O–H groups in total. The Labute approximate surface area is 119 Å². The van der Waals surface area contributed by atoms with Crippen molar-refractivity contribution in [3.63, 3.8) is 0 Å². The molecule has 0 atom stereocenters. The van der Waals surface area contributed by atoms with Crippen molar-refractivity contribution in [1.82, 2.24) is 4.98 Å². The number of halogens is 1. The molecule has 0 radical (unpaired) electrons. The molecule has 1 aromatic carbocycles. The van der Waals surface area contributed by atoms with Crippen LogP contribution in [0.1, 0.15) is 28.7 Å². The van der Waals surface area contributed by atoms with Crippen LogP contribution in [0.5, 0.6) is 5.75 Å². The molecule has 0 aliphatic carbocycles. The van der Waals surface area contributed by atoms with E-state index in [2.05, 4.69) is 4.98 Å². The lowest BCUT2D eigenvalue weighted by atomic mass is 10.2. The SMILES string of the molecule is CCCc1nc(-c2ccc(F)c(OC)c2)sc1C(=O)O. The van der Waals surface area contributed by atoms with Crippen molar-refractivity contribution < 1.29 is 19.0 Å². The first-order chi connectivity index (χ1) is 9.56. The van der Waals surface area contributed by atoms with Gasteiger partial charge in [-0.1, -0.05) is 13.3 Å². The molecule has 0 fully saturated rings. The summed E-state index contributed by atoms with van der Waals surface area (Å²) >= 11 is 1.10. The Morgan fingerprint density at radius 2 is 2.25 bits per heavy atom. The van der Waals surface area contributed by atoms with Crippen molar-refractivity contribution in [3.8, 4) is 16.3 Å². The third kappa shape index (κ3) is 2.80. The van der Waals surface area contributed by atoms with Crippen LogP contribution in [-0.2, 0) is 6.42 Å². The molecule has 1 aromatic heterocycles. The second-order valence-electron chi connectivity index (χ2n) is 4.20. The van der Waals surface area contributed by atoms with Gasteiger partial charge in [0.1, 0.15) is 9.88 Å². The predicted molar refractivity (Wildman–Crippen MR) is 75.0 cm³/mol. The minimum Gasteiger partial charge on any atom is -0.494 e. The lowest BCUT2D eigenvalue weighted by molar-refractivity contribution is 0.0700. The summed E-state index contributed by atoms with van der Waals surface area (Å²) in [6.07, 6.45) is 1.42. The first kappa shape index (κ1) is 14.5. The summed E-state index contributed by atoms with van der Waals surface area (Å²) in [6.45, 7) is 1.96. The number of carboxylic acid groups (broad SMARTS) is 1. The first-order valence-corrected chi connectivity index (χ1v) is 6.95. The maximum Gasteiger partial charge on any atom is 0.347 e. The number of hydrogen-bond donors (Lipinski definition) is 1. The predicted octanol–water partition coefficient (Wildman–Crippen LogP) is 3.61. The van der Waals surface area contributed by atoms with Crippen molar-refractivity contribution in [2.45, 2.75) is 19.8 Å². The third-order valence-corrected chi connectivity index (χ3v) is 3.91. The highest BCUT2D eigenvalue weighted by molar-refractivity contribution is 7.17. The summed E-state index contributed by atoms with van der Waals surface area (Å²) in [4.78, 5) is 15.8. The van der Waals surface area contributed by atoms with Crippen LogP contribution in [0.25, 0.3) is 10.6 Å². The van der Waals surface area contributed by atoms with Crippen molar-refractivity contribution in [1.29, 1.82) is 0 Å². The van der Waals surface area contributed by atoms with Crippen LogP contribution in [0.3, 0.4) is 0 Å². The molecule has 106 valence electrons. The smallest absolute Gasteiger partial charge is 0.347 e. The summed E-state index contributed by atoms with van der Waals surface area (Å²) in [5, 5.41) is 9.74. The van der Waals surface area contributed by atoms with Gasteiger partial charge in [-0.2, -0.15) is 0 Å². The van der Waals surface area contributed by atoms with Crippen LogP contribution in [0.15, 0.2) is 18.2 Å². The van der Waals surface area contributed by atoms with E-state index in [4.69, 9.17) is 4.74 Å². The monoisotopic (exact) mass is 295 g/mol. The van der Waals surface area contributed by atoms with Gasteiger partial charge in [0.05, 0.1) is 12.8 Å². The van der Waals surface area contributed by atoms with Crippen LogP contribution >= 0.6 is 11.3 Å². The van der Waals surface area contributed by atoms with E-state index in [0.29, 0.717) is 22.7 Å². The molecule has 0 unspecified atom stereocenters. The molecule has 20 heavy (non-hydrogen) atoms. The van der Waals surface area contributed by atoms with E-state index < -0.39 is 11.8 Å². The molecule has 0 aliphatic rings. The maximum absolute atomic E-state index is 13.4. The van der Waals surface area contributed by atoms with Gasteiger partial charge in [-0.3, -0.25) is 0 Å². The minimum atomic E-state index is -0.980. The molecule has 0 bridgehead atoms. The molecule has 4 nitrogen and oxygen atoms in total. The molecule has 0 aliphatic heterocycles. The van der Waals surface area contributed by atoms with Gasteiger partial charge in [-0.25, -0.2) is 14.2 Å². The Bertz CT molecular complexity index is 639. The average Bonchev–Trinajstić information content (AvgIpc) is 2.84. The van der Waals surface area contributed by atoms with Crippen LogP contribution < -0.4 is 4.74 Å². The van der Waals surface area contributed by atoms with Crippen LogP contribution in [0.4, 0.5) is 4.39 Å². The highest BCUT2D eigenvalue weighted by Gasteiger charge is 2.18. The number of benzene rings is 1. The first-order valence-electron chi connectivity index (χ1n) is 6.13. The molecule has 0 saturated heterocycles. The van der Waals surface area contributed by atoms with Gasteiger partial charge in [0.15, 0.2) is 11.6 Å². The van der Waals surface area contributed by atoms with E-state index in [-0.39, 0.29) is 10.6 Å². The molecular weight excluding hydrogens is 281 g/mol. The highest BCUT2D eigenvalue weighted by atomic mass is 32.1. The quantitative estimate of drug-likeness (QED) is 0.915. The molecule has 0 spiro atoms. The van der Waals surface area contributed by atoms with Crippen molar-refractivity contribution in [2.24, 2.45) is 0 Å². The van der Waals surface area contributed by atoms with Gasteiger partial charge in [0.25, 0.3) is 0 Å². The number of carboxylic acids is 1. The average molecular weight is 295 g/mol. The number of ether oxygens (including phenoxy) is 1. The van der Waals surface area contributed by atoms with Crippen LogP contribution in [0, 0.1) is 5.82 Å². The van der Waals surface area contributed by atoms with Gasteiger partial charge < -0.3 is 9.84 Å². The number of carbonyl (C=O) groups is 1. The maximum atomic E-state index is 13.4. The molecule has 0 amide bonds. The standard InChI is InChI=1S/C14H14FNO3S/c1-3-4-10-12(14(17)18)20-13(16-10)8-5-6-9(15)11(7-8)19-2/h5-7H,3-4H2,1-2H3,(H,17,18). The van der Waals surface area contributed by atoms with Gasteiger partial charge >= 0.3 is 5.97 Å². The van der Waals surface area contributed by atoms with Crippen molar-refractivity contribution >= 4 is 17.3 Å². The number of nitrogens with zero attached hydrogens (tertiary/aromatic N) is 1. The van der Waals surface area contributed by atoms with E-state index in [1.54, 1.807) is 6.07 Å². The number of aromatic nitrogens is 1. The zero-order valence-electron chi connectivity index (χ0n) is 11.1. The highest BCUT2D eigenvalue weighted by Crippen LogP contribution is 2.32. The number of aryl methyl sites for hydroxylation is 1. The van der Waals surface area contributed by atoms with Crippen molar-refractivity contribution in [2.75, 3.05) is 7.11 Å². The second kappa shape index (κ2) is 6.00. The molecule has 1 heterocycles. The number of hydrogen-bond acceptors (Lipinski definition) is 4. The Morgan fingerprint density at radius 3 is 2.85 bits per heavy atom. The molecule has 0 saturated carbocycles. The Morgan fingerprint density at radius 1 is 1.50 bits per heavy atom. The summed E-state index contributed by atoms with van der Waals surface area (Å²) in [5.41, 5.74) is 1.22. The van der Waals surface area contributed by atoms with Crippen molar-refractivity contribution in [3.05, 3.63) is 34.6 Å². The fraction of sp³-hybridized carbons (Fsp3) is 0.286. The Kier molecular flexibility index (Phi) is 4.34. The van der Waals surface area contributed by atoms with E-state index >= 15 is 0 Å². The Balaban J connectivity index is 2.47. The molecule has 2 rings (SSSR count). The minimum absolute atomic E-state index is 0.117. The van der Waals surface area contributed by atoms with E-state index in [1.807, 2.05) is 6.92 Å². The Hall–Kier alpha value is -1.95. The van der Waals surface area contributed by atoms with Crippen LogP contribution in [0.2, 0.25) is 0 Å². The second-order valence-corrected chi connectivity index (χ2v) is 5.20. The third-order valence-electron chi connectivity index (χ3n) is 2.78. The lowest BCUT2D eigenvalue weighted by Gasteiger charge is -2.03. The summed E-state index contributed by atoms with van der Waals surface area (Å²) in [6, 6.07) is 4.38. The van der Waals surface area contributed by atoms with Crippen LogP contribution in [-0.4, -0.2) is 23.2 Å². The molecule has 6 heteroatoms. The van der Waals surface area contributed by atoms with E-state index in [0.717, 1.165) is 17.8 Å². The molecule has 2 aromatic rings. The molecular formula is C14H14FNO3S. The summed E-state index contributed by atoms with van der Waals surface area (Å²) in [7, 11) is 1.38. The number of rotatable bonds is 5. The zero-order chi connectivity index (χ0) is 14.7. The zero-order valence-corrected chi connectivity index (χ0v) is 12.0. The fourth-order valence-corrected chi connectivity index (χ4v) is 2.79. The summed E-state index contributed by atoms with van der Waals surface area (Å²) in [5.74, 6) is -1.32. The normalized spacial score (nSPS) is 10.6. The van der Waals surface area contributed by atoms with Gasteiger partial charge in [0.2, 0.25) is 0 Å². The lowest BCUT2D eigenvalue weighted by Crippen LogP contribution is -1.98. The van der Waals surface area contributed by atoms with E-state index in [9.17, 15) is 14.3 Å². The summed E-state index contributed by atoms with van der Waals surface area (Å²) < 4.78 is 18.3. The van der Waals surface area contributed by atoms with Gasteiger partial charge in [-0.15, -0.1) is 11.3 Å². The van der Waals surface area contributed by atoms with E-state index in [1.165, 1.54) is 19.2 Å². The fourth-order valence-electron chi connectivity index (χ4n) is 1.84. The number of aromatic carboxylic acids is 1. The largest absolute Gasteiger partial charge is 0.494 e. The van der Waals surface area contributed by atoms with Gasteiger partial charge in [-0.05, 0) is 24.6 Å². The number of methoxy groups -OCH3 is 1. The van der Waals surface area contributed by atoms with Gasteiger partial charge in [0, 0.05) is 5.56 Å². The number of thiazole rings is 1.